The predicted molar refractivity (Wildman–Crippen MR) is 122 cm³/mol. The van der Waals surface area contributed by atoms with Crippen LogP contribution in [0.15, 0.2) is 48.8 Å². The van der Waals surface area contributed by atoms with Crippen molar-refractivity contribution in [2.45, 2.75) is 50.2 Å². The molecule has 4 rings (SSSR count). The van der Waals surface area contributed by atoms with Crippen molar-refractivity contribution >= 4 is 15.8 Å². The van der Waals surface area contributed by atoms with Gasteiger partial charge in [-0.05, 0) is 56.4 Å². The van der Waals surface area contributed by atoms with Gasteiger partial charge in [-0.2, -0.15) is 0 Å². The van der Waals surface area contributed by atoms with E-state index in [0.29, 0.717) is 12.5 Å². The quantitative estimate of drug-likeness (QED) is 0.707. The molecule has 1 aliphatic carbocycles. The number of anilines is 1. The van der Waals surface area contributed by atoms with Crippen molar-refractivity contribution < 1.29 is 13.2 Å². The molecule has 1 saturated carbocycles. The Kier molecular flexibility index (Phi) is 7.20. The fraction of sp³-hybridized carbons (Fsp3) is 0.565. The molecule has 1 N–H and O–H groups in total. The molecule has 1 aliphatic heterocycles. The Balaban J connectivity index is 1.34. The maximum atomic E-state index is 11.9. The molecule has 0 amide bonds. The molecule has 0 aromatic carbocycles. The summed E-state index contributed by atoms with van der Waals surface area (Å²) in [6, 6.07) is 11.9. The molecule has 0 radical (unpaired) electrons. The summed E-state index contributed by atoms with van der Waals surface area (Å²) < 4.78 is 32.9. The molecule has 2 unspecified atom stereocenters. The van der Waals surface area contributed by atoms with Gasteiger partial charge in [-0.25, -0.2) is 18.1 Å². The summed E-state index contributed by atoms with van der Waals surface area (Å²) in [7, 11) is -3.27. The van der Waals surface area contributed by atoms with E-state index >= 15 is 0 Å². The van der Waals surface area contributed by atoms with Gasteiger partial charge in [0, 0.05) is 49.1 Å². The number of hydrogen-bond donors (Lipinski definition) is 1. The summed E-state index contributed by atoms with van der Waals surface area (Å²) >= 11 is 0. The number of ether oxygens (including phenoxy) is 1. The number of rotatable bonds is 7. The minimum atomic E-state index is -3.27. The zero-order valence-corrected chi connectivity index (χ0v) is 18.9. The van der Waals surface area contributed by atoms with Crippen LogP contribution < -0.4 is 9.62 Å². The molecule has 168 valence electrons. The van der Waals surface area contributed by atoms with Crippen LogP contribution in [0.2, 0.25) is 0 Å². The Hall–Kier alpha value is -2.03. The summed E-state index contributed by atoms with van der Waals surface area (Å²) in [6.45, 7) is 2.05. The SMILES string of the molecule is CS(=O)(=O)NC1CCN(c2ccccn2)CC1COC1CCC(c2ccccn2)CC1. The first-order chi connectivity index (χ1) is 15.0. The average molecular weight is 445 g/mol. The maximum Gasteiger partial charge on any atom is 0.208 e. The van der Waals surface area contributed by atoms with Gasteiger partial charge in [-0.3, -0.25) is 4.98 Å². The lowest BCUT2D eigenvalue weighted by Gasteiger charge is -2.40. The van der Waals surface area contributed by atoms with Crippen molar-refractivity contribution in [2.75, 3.05) is 30.9 Å². The van der Waals surface area contributed by atoms with Crippen molar-refractivity contribution in [2.24, 2.45) is 5.92 Å². The van der Waals surface area contributed by atoms with Gasteiger partial charge in [-0.1, -0.05) is 12.1 Å². The van der Waals surface area contributed by atoms with Gasteiger partial charge in [0.1, 0.15) is 5.82 Å². The highest BCUT2D eigenvalue weighted by molar-refractivity contribution is 7.88. The minimum Gasteiger partial charge on any atom is -0.378 e. The van der Waals surface area contributed by atoms with Crippen LogP contribution in [-0.4, -0.2) is 56.5 Å². The number of pyridine rings is 2. The third kappa shape index (κ3) is 6.24. The van der Waals surface area contributed by atoms with E-state index in [9.17, 15) is 8.42 Å². The van der Waals surface area contributed by atoms with E-state index in [-0.39, 0.29) is 18.1 Å². The smallest absolute Gasteiger partial charge is 0.208 e. The summed E-state index contributed by atoms with van der Waals surface area (Å²) in [5, 5.41) is 0. The van der Waals surface area contributed by atoms with Crippen LogP contribution in [0.25, 0.3) is 0 Å². The van der Waals surface area contributed by atoms with Gasteiger partial charge in [0.25, 0.3) is 0 Å². The fourth-order valence-electron chi connectivity index (χ4n) is 4.78. The Morgan fingerprint density at radius 3 is 2.42 bits per heavy atom. The number of piperidine rings is 1. The molecule has 3 heterocycles. The summed E-state index contributed by atoms with van der Waals surface area (Å²) in [5.74, 6) is 1.52. The van der Waals surface area contributed by atoms with E-state index in [1.807, 2.05) is 30.5 Å². The van der Waals surface area contributed by atoms with E-state index in [2.05, 4.69) is 31.7 Å². The fourth-order valence-corrected chi connectivity index (χ4v) is 5.64. The average Bonchev–Trinajstić information content (AvgIpc) is 2.79. The van der Waals surface area contributed by atoms with E-state index in [0.717, 1.165) is 51.0 Å². The van der Waals surface area contributed by atoms with E-state index in [1.54, 1.807) is 6.20 Å². The number of hydrogen-bond acceptors (Lipinski definition) is 6. The standard InChI is InChI=1S/C23H32N4O3S/c1-31(28,29)26-22-12-15-27(23-7-3-5-14-25-23)16-19(22)17-30-20-10-8-18(9-11-20)21-6-2-4-13-24-21/h2-7,13-14,18-20,22,26H,8-12,15-17H2,1H3. The largest absolute Gasteiger partial charge is 0.378 e. The third-order valence-corrected chi connectivity index (χ3v) is 7.13. The molecular weight excluding hydrogens is 412 g/mol. The Morgan fingerprint density at radius 1 is 1.03 bits per heavy atom. The molecule has 0 spiro atoms. The van der Waals surface area contributed by atoms with Crippen LogP contribution in [0, 0.1) is 5.92 Å². The highest BCUT2D eigenvalue weighted by Gasteiger charge is 2.33. The van der Waals surface area contributed by atoms with Crippen LogP contribution in [0.3, 0.4) is 0 Å². The lowest BCUT2D eigenvalue weighted by atomic mass is 9.85. The van der Waals surface area contributed by atoms with Crippen LogP contribution in [0.4, 0.5) is 5.82 Å². The topological polar surface area (TPSA) is 84.4 Å². The van der Waals surface area contributed by atoms with Gasteiger partial charge in [-0.15, -0.1) is 0 Å². The number of nitrogens with zero attached hydrogens (tertiary/aromatic N) is 3. The molecule has 2 aromatic heterocycles. The second kappa shape index (κ2) is 10.1. The molecule has 2 atom stereocenters. The summed E-state index contributed by atoms with van der Waals surface area (Å²) in [4.78, 5) is 11.2. The van der Waals surface area contributed by atoms with Crippen LogP contribution in [0.1, 0.15) is 43.7 Å². The Labute approximate surface area is 185 Å². The van der Waals surface area contributed by atoms with Gasteiger partial charge < -0.3 is 9.64 Å². The number of nitrogens with one attached hydrogen (secondary N) is 1. The van der Waals surface area contributed by atoms with Crippen molar-refractivity contribution in [1.82, 2.24) is 14.7 Å². The maximum absolute atomic E-state index is 11.9. The monoisotopic (exact) mass is 444 g/mol. The summed E-state index contributed by atoms with van der Waals surface area (Å²) in [5.41, 5.74) is 1.18. The molecule has 7 nitrogen and oxygen atoms in total. The van der Waals surface area contributed by atoms with Gasteiger partial charge in [0.15, 0.2) is 0 Å². The molecule has 2 aromatic rings. The minimum absolute atomic E-state index is 0.0824. The number of sulfonamides is 1. The first-order valence-corrected chi connectivity index (χ1v) is 13.0. The highest BCUT2D eigenvalue weighted by atomic mass is 32.2. The van der Waals surface area contributed by atoms with Crippen molar-refractivity contribution in [1.29, 1.82) is 0 Å². The second-order valence-corrected chi connectivity index (χ2v) is 10.5. The van der Waals surface area contributed by atoms with Crippen LogP contribution >= 0.6 is 0 Å². The Bertz CT molecular complexity index is 918. The molecule has 2 fully saturated rings. The van der Waals surface area contributed by atoms with E-state index in [4.69, 9.17) is 4.74 Å². The Morgan fingerprint density at radius 2 is 1.77 bits per heavy atom. The van der Waals surface area contributed by atoms with E-state index in [1.165, 1.54) is 11.9 Å². The molecular formula is C23H32N4O3S. The molecule has 1 saturated heterocycles. The van der Waals surface area contributed by atoms with Crippen molar-refractivity contribution in [3.8, 4) is 0 Å². The van der Waals surface area contributed by atoms with Crippen LogP contribution in [0.5, 0.6) is 0 Å². The molecule has 2 aliphatic rings. The van der Waals surface area contributed by atoms with Crippen LogP contribution in [-0.2, 0) is 14.8 Å². The van der Waals surface area contributed by atoms with Crippen molar-refractivity contribution in [3.05, 3.63) is 54.5 Å². The number of aromatic nitrogens is 2. The first kappa shape index (κ1) is 22.2. The zero-order valence-electron chi connectivity index (χ0n) is 18.1. The van der Waals surface area contributed by atoms with Crippen molar-refractivity contribution in [3.63, 3.8) is 0 Å². The lowest BCUT2D eigenvalue weighted by molar-refractivity contribution is -0.00232. The normalized spacial score (nSPS) is 27.2. The molecule has 0 bridgehead atoms. The lowest BCUT2D eigenvalue weighted by Crippen LogP contribution is -2.52. The van der Waals surface area contributed by atoms with E-state index < -0.39 is 10.0 Å². The van der Waals surface area contributed by atoms with Gasteiger partial charge in [0.2, 0.25) is 10.0 Å². The zero-order chi connectivity index (χ0) is 21.7. The third-order valence-electron chi connectivity index (χ3n) is 6.40. The second-order valence-electron chi connectivity index (χ2n) is 8.74. The van der Waals surface area contributed by atoms with Gasteiger partial charge in [0.05, 0.1) is 19.0 Å². The molecule has 8 heteroatoms. The first-order valence-electron chi connectivity index (χ1n) is 11.1. The highest BCUT2D eigenvalue weighted by Crippen LogP contribution is 2.33. The molecule has 31 heavy (non-hydrogen) atoms. The summed E-state index contributed by atoms with van der Waals surface area (Å²) in [6.07, 6.45) is 10.0. The van der Waals surface area contributed by atoms with Gasteiger partial charge >= 0.3 is 0 Å². The predicted octanol–water partition coefficient (Wildman–Crippen LogP) is 2.96.